The van der Waals surface area contributed by atoms with Crippen molar-refractivity contribution >= 4 is 27.8 Å². The number of nitrogens with one attached hydrogen (secondary N) is 1. The van der Waals surface area contributed by atoms with Gasteiger partial charge in [0, 0.05) is 23.3 Å². The first-order valence-corrected chi connectivity index (χ1v) is 7.70. The molecule has 110 valence electrons. The van der Waals surface area contributed by atoms with E-state index in [2.05, 4.69) is 28.2 Å². The van der Waals surface area contributed by atoms with Gasteiger partial charge >= 0.3 is 5.97 Å². The van der Waals surface area contributed by atoms with Gasteiger partial charge in [0.05, 0.1) is 5.92 Å². The second-order valence-electron chi connectivity index (χ2n) is 5.26. The molecular formula is C14H19BrN2O3. The first kappa shape index (κ1) is 15.1. The number of aromatic nitrogens is 1. The fourth-order valence-electron chi connectivity index (χ4n) is 2.69. The number of amides is 1. The first-order valence-electron chi connectivity index (χ1n) is 6.90. The zero-order valence-corrected chi connectivity index (χ0v) is 13.0. The largest absolute Gasteiger partial charge is 0.481 e. The van der Waals surface area contributed by atoms with E-state index < -0.39 is 5.97 Å². The molecule has 1 aromatic heterocycles. The summed E-state index contributed by atoms with van der Waals surface area (Å²) in [6, 6.07) is 1.77. The van der Waals surface area contributed by atoms with Crippen molar-refractivity contribution in [1.29, 1.82) is 0 Å². The van der Waals surface area contributed by atoms with Crippen LogP contribution < -0.4 is 5.32 Å². The van der Waals surface area contributed by atoms with Gasteiger partial charge in [0.2, 0.25) is 0 Å². The van der Waals surface area contributed by atoms with Gasteiger partial charge in [0.1, 0.15) is 5.69 Å². The Kier molecular flexibility index (Phi) is 4.86. The molecule has 0 radical (unpaired) electrons. The van der Waals surface area contributed by atoms with E-state index >= 15 is 0 Å². The average molecular weight is 343 g/mol. The van der Waals surface area contributed by atoms with Gasteiger partial charge in [-0.25, -0.2) is 0 Å². The summed E-state index contributed by atoms with van der Waals surface area (Å²) in [5.41, 5.74) is 0.623. The fraction of sp³-hybridized carbons (Fsp3) is 0.571. The highest BCUT2D eigenvalue weighted by molar-refractivity contribution is 9.10. The van der Waals surface area contributed by atoms with Gasteiger partial charge in [-0.15, -0.1) is 0 Å². The van der Waals surface area contributed by atoms with Crippen molar-refractivity contribution in [2.75, 3.05) is 0 Å². The second-order valence-corrected chi connectivity index (χ2v) is 6.17. The van der Waals surface area contributed by atoms with Gasteiger partial charge in [-0.1, -0.05) is 6.92 Å². The summed E-state index contributed by atoms with van der Waals surface area (Å²) in [7, 11) is 0. The first-order chi connectivity index (χ1) is 9.51. The molecule has 5 nitrogen and oxygen atoms in total. The monoisotopic (exact) mass is 342 g/mol. The number of aliphatic carboxylic acids is 1. The number of carbonyl (C=O) groups excluding carboxylic acids is 1. The lowest BCUT2D eigenvalue weighted by Crippen LogP contribution is -2.34. The van der Waals surface area contributed by atoms with E-state index in [-0.39, 0.29) is 17.9 Å². The maximum Gasteiger partial charge on any atom is 0.306 e. The molecule has 2 rings (SSSR count). The summed E-state index contributed by atoms with van der Waals surface area (Å²) in [4.78, 5) is 23.2. The minimum Gasteiger partial charge on any atom is -0.481 e. The number of hydrogen-bond acceptors (Lipinski definition) is 2. The predicted octanol–water partition coefficient (Wildman–Crippen LogP) is 2.64. The third-order valence-corrected chi connectivity index (χ3v) is 4.11. The molecule has 1 saturated carbocycles. The smallest absolute Gasteiger partial charge is 0.306 e. The molecule has 1 amide bonds. The lowest BCUT2D eigenvalue weighted by Gasteiger charge is -2.13. The standard InChI is InChI=1S/C14H19BrN2O3/c1-2-5-17-8-10(15)7-12(17)13(18)16-11-4-3-9(6-11)14(19)20/h7-9,11H,2-6H2,1H3,(H,16,18)(H,19,20). The Morgan fingerprint density at radius 3 is 2.85 bits per heavy atom. The highest BCUT2D eigenvalue weighted by Crippen LogP contribution is 2.26. The molecule has 0 spiro atoms. The minimum absolute atomic E-state index is 0.0349. The topological polar surface area (TPSA) is 71.3 Å². The van der Waals surface area contributed by atoms with E-state index in [0.29, 0.717) is 18.5 Å². The second kappa shape index (κ2) is 6.43. The molecular weight excluding hydrogens is 324 g/mol. The normalized spacial score (nSPS) is 21.9. The molecule has 20 heavy (non-hydrogen) atoms. The molecule has 2 atom stereocenters. The number of carbonyl (C=O) groups is 2. The van der Waals surface area contributed by atoms with E-state index in [0.717, 1.165) is 23.9 Å². The maximum atomic E-state index is 12.3. The Labute approximate surface area is 126 Å². The van der Waals surface area contributed by atoms with Crippen LogP contribution in [0, 0.1) is 5.92 Å². The zero-order chi connectivity index (χ0) is 14.7. The number of hydrogen-bond donors (Lipinski definition) is 2. The van der Waals surface area contributed by atoms with Crippen molar-refractivity contribution in [3.63, 3.8) is 0 Å². The van der Waals surface area contributed by atoms with Gasteiger partial charge in [-0.05, 0) is 47.7 Å². The van der Waals surface area contributed by atoms with Crippen molar-refractivity contribution in [1.82, 2.24) is 9.88 Å². The van der Waals surface area contributed by atoms with Crippen molar-refractivity contribution in [2.24, 2.45) is 5.92 Å². The van der Waals surface area contributed by atoms with Crippen molar-refractivity contribution in [3.05, 3.63) is 22.4 Å². The van der Waals surface area contributed by atoms with Crippen molar-refractivity contribution in [3.8, 4) is 0 Å². The molecule has 6 heteroatoms. The molecule has 2 N–H and O–H groups in total. The number of aryl methyl sites for hydroxylation is 1. The number of nitrogens with zero attached hydrogens (tertiary/aromatic N) is 1. The molecule has 0 aliphatic heterocycles. The summed E-state index contributed by atoms with van der Waals surface area (Å²) in [5, 5.41) is 11.9. The SMILES string of the molecule is CCCn1cc(Br)cc1C(=O)NC1CCC(C(=O)O)C1. The van der Waals surface area contributed by atoms with Crippen LogP contribution in [0.2, 0.25) is 0 Å². The molecule has 0 saturated heterocycles. The van der Waals surface area contributed by atoms with E-state index in [4.69, 9.17) is 5.11 Å². The van der Waals surface area contributed by atoms with E-state index in [1.807, 2.05) is 10.8 Å². The Morgan fingerprint density at radius 1 is 1.50 bits per heavy atom. The van der Waals surface area contributed by atoms with Crippen LogP contribution >= 0.6 is 15.9 Å². The van der Waals surface area contributed by atoms with E-state index in [1.54, 1.807) is 6.07 Å². The van der Waals surface area contributed by atoms with Crippen LogP contribution in [-0.4, -0.2) is 27.6 Å². The third-order valence-electron chi connectivity index (χ3n) is 3.68. The molecule has 1 fully saturated rings. The van der Waals surface area contributed by atoms with Crippen LogP contribution in [0.25, 0.3) is 0 Å². The number of carboxylic acids is 1. The van der Waals surface area contributed by atoms with Crippen molar-refractivity contribution in [2.45, 2.75) is 45.2 Å². The van der Waals surface area contributed by atoms with Crippen LogP contribution in [0.3, 0.4) is 0 Å². The summed E-state index contributed by atoms with van der Waals surface area (Å²) >= 11 is 3.38. The minimum atomic E-state index is -0.765. The molecule has 1 aromatic rings. The summed E-state index contributed by atoms with van der Waals surface area (Å²) in [5.74, 6) is -1.21. The lowest BCUT2D eigenvalue weighted by molar-refractivity contribution is -0.141. The van der Waals surface area contributed by atoms with Crippen LogP contribution in [0.15, 0.2) is 16.7 Å². The summed E-state index contributed by atoms with van der Waals surface area (Å²) in [6.45, 7) is 2.85. The number of halogens is 1. The van der Waals surface area contributed by atoms with Crippen molar-refractivity contribution < 1.29 is 14.7 Å². The highest BCUT2D eigenvalue weighted by atomic mass is 79.9. The third kappa shape index (κ3) is 3.42. The zero-order valence-electron chi connectivity index (χ0n) is 11.4. The van der Waals surface area contributed by atoms with E-state index in [1.165, 1.54) is 0 Å². The Hall–Kier alpha value is -1.30. The average Bonchev–Trinajstić information content (AvgIpc) is 2.97. The quantitative estimate of drug-likeness (QED) is 0.863. The molecule has 0 aromatic carbocycles. The fourth-order valence-corrected chi connectivity index (χ4v) is 3.15. The van der Waals surface area contributed by atoms with Gasteiger partial charge < -0.3 is 15.0 Å². The van der Waals surface area contributed by atoms with Crippen LogP contribution in [-0.2, 0) is 11.3 Å². The Balaban J connectivity index is 2.00. The molecule has 1 aliphatic rings. The van der Waals surface area contributed by atoms with Gasteiger partial charge in [0.25, 0.3) is 5.91 Å². The van der Waals surface area contributed by atoms with Gasteiger partial charge in [-0.2, -0.15) is 0 Å². The molecule has 1 aliphatic carbocycles. The maximum absolute atomic E-state index is 12.3. The molecule has 1 heterocycles. The van der Waals surface area contributed by atoms with Crippen LogP contribution in [0.5, 0.6) is 0 Å². The summed E-state index contributed by atoms with van der Waals surface area (Å²) in [6.07, 6.45) is 4.74. The molecule has 0 bridgehead atoms. The van der Waals surface area contributed by atoms with Gasteiger partial charge in [-0.3, -0.25) is 9.59 Å². The molecule has 2 unspecified atom stereocenters. The number of carboxylic acid groups (broad SMARTS) is 1. The predicted molar refractivity (Wildman–Crippen MR) is 78.7 cm³/mol. The number of rotatable bonds is 5. The highest BCUT2D eigenvalue weighted by Gasteiger charge is 2.31. The van der Waals surface area contributed by atoms with E-state index in [9.17, 15) is 9.59 Å². The lowest BCUT2D eigenvalue weighted by atomic mass is 10.1. The summed E-state index contributed by atoms with van der Waals surface area (Å²) < 4.78 is 2.80. The van der Waals surface area contributed by atoms with Gasteiger partial charge in [0.15, 0.2) is 0 Å². The van der Waals surface area contributed by atoms with Crippen LogP contribution in [0.4, 0.5) is 0 Å². The Morgan fingerprint density at radius 2 is 2.25 bits per heavy atom. The van der Waals surface area contributed by atoms with Crippen LogP contribution in [0.1, 0.15) is 43.1 Å². The Bertz CT molecular complexity index is 513.